The molecule has 0 aliphatic carbocycles. The molecule has 0 radical (unpaired) electrons. The van der Waals surface area contributed by atoms with E-state index in [0.717, 1.165) is 22.0 Å². The maximum absolute atomic E-state index is 9.49. The molecule has 0 unspecified atom stereocenters. The zero-order chi connectivity index (χ0) is 8.72. The van der Waals surface area contributed by atoms with Crippen LogP contribution in [0.15, 0.2) is 24.4 Å². The van der Waals surface area contributed by atoms with E-state index in [0.29, 0.717) is 0 Å². The molecule has 12 heavy (non-hydrogen) atoms. The lowest BCUT2D eigenvalue weighted by Gasteiger charge is -1.97. The highest BCUT2D eigenvalue weighted by atomic mass is 16.5. The lowest BCUT2D eigenvalue weighted by molar-refractivity contribution is 0.199. The van der Waals surface area contributed by atoms with Gasteiger partial charge < -0.3 is 5.21 Å². The van der Waals surface area contributed by atoms with Crippen molar-refractivity contribution < 1.29 is 5.21 Å². The summed E-state index contributed by atoms with van der Waals surface area (Å²) in [4.78, 5) is 0. The highest BCUT2D eigenvalue weighted by Crippen LogP contribution is 2.22. The van der Waals surface area contributed by atoms with E-state index >= 15 is 0 Å². The van der Waals surface area contributed by atoms with Crippen molar-refractivity contribution in [3.63, 3.8) is 0 Å². The molecular formula is C10H11NO. The summed E-state index contributed by atoms with van der Waals surface area (Å²) in [6, 6.07) is 6.02. The van der Waals surface area contributed by atoms with Gasteiger partial charge in [-0.3, -0.25) is 0 Å². The lowest BCUT2D eigenvalue weighted by atomic mass is 10.1. The third kappa shape index (κ3) is 0.811. The second-order valence-corrected chi connectivity index (χ2v) is 3.13. The molecule has 2 nitrogen and oxygen atoms in total. The van der Waals surface area contributed by atoms with E-state index in [9.17, 15) is 5.21 Å². The lowest BCUT2D eigenvalue weighted by Crippen LogP contribution is -1.87. The normalized spacial score (nSPS) is 10.8. The summed E-state index contributed by atoms with van der Waals surface area (Å²) in [6.45, 7) is 3.99. The number of hydrogen-bond acceptors (Lipinski definition) is 1. The van der Waals surface area contributed by atoms with Crippen molar-refractivity contribution in [1.29, 1.82) is 0 Å². The largest absolute Gasteiger partial charge is 0.428 e. The monoisotopic (exact) mass is 161 g/mol. The van der Waals surface area contributed by atoms with Gasteiger partial charge in [-0.1, -0.05) is 18.2 Å². The minimum atomic E-state index is 0.912. The molecule has 2 heteroatoms. The van der Waals surface area contributed by atoms with Crippen LogP contribution < -0.4 is 0 Å². The summed E-state index contributed by atoms with van der Waals surface area (Å²) in [7, 11) is 0. The van der Waals surface area contributed by atoms with Crippen LogP contribution in [0, 0.1) is 13.8 Å². The van der Waals surface area contributed by atoms with Gasteiger partial charge in [-0.2, -0.15) is 4.73 Å². The molecule has 0 fully saturated rings. The van der Waals surface area contributed by atoms with Crippen LogP contribution in [0.2, 0.25) is 0 Å². The molecule has 1 N–H and O–H groups in total. The van der Waals surface area contributed by atoms with Crippen LogP contribution in [0.1, 0.15) is 11.1 Å². The number of benzene rings is 1. The first kappa shape index (κ1) is 7.22. The molecule has 0 saturated carbocycles. The van der Waals surface area contributed by atoms with E-state index in [4.69, 9.17) is 0 Å². The van der Waals surface area contributed by atoms with Crippen molar-refractivity contribution in [1.82, 2.24) is 4.73 Å². The second kappa shape index (κ2) is 2.27. The van der Waals surface area contributed by atoms with Crippen molar-refractivity contribution in [2.75, 3.05) is 0 Å². The number of para-hydroxylation sites is 1. The first-order chi connectivity index (χ1) is 5.70. The highest BCUT2D eigenvalue weighted by molar-refractivity contribution is 5.86. The van der Waals surface area contributed by atoms with Gasteiger partial charge in [0.1, 0.15) is 0 Å². The van der Waals surface area contributed by atoms with Crippen LogP contribution in [0.4, 0.5) is 0 Å². The molecular weight excluding hydrogens is 150 g/mol. The van der Waals surface area contributed by atoms with E-state index in [1.807, 2.05) is 32.0 Å². The Labute approximate surface area is 71.0 Å². The Morgan fingerprint density at radius 3 is 2.58 bits per heavy atom. The third-order valence-electron chi connectivity index (χ3n) is 2.21. The van der Waals surface area contributed by atoms with Gasteiger partial charge in [-0.15, -0.1) is 0 Å². The average molecular weight is 161 g/mol. The summed E-state index contributed by atoms with van der Waals surface area (Å²) < 4.78 is 1.19. The minimum absolute atomic E-state index is 0.912. The van der Waals surface area contributed by atoms with Gasteiger partial charge in [0.05, 0.1) is 5.52 Å². The first-order valence-corrected chi connectivity index (χ1v) is 3.96. The maximum atomic E-state index is 9.49. The molecule has 1 heterocycles. The standard InChI is InChI=1S/C10H11NO/c1-7-4-3-5-9-8(2)6-11(12)10(7)9/h3-6,12H,1-2H3. The van der Waals surface area contributed by atoms with Gasteiger partial charge in [0.15, 0.2) is 0 Å². The summed E-state index contributed by atoms with van der Waals surface area (Å²) in [6.07, 6.45) is 1.73. The van der Waals surface area contributed by atoms with E-state index in [1.165, 1.54) is 4.73 Å². The number of nitrogens with zero attached hydrogens (tertiary/aromatic N) is 1. The van der Waals surface area contributed by atoms with Crippen LogP contribution in [-0.4, -0.2) is 9.94 Å². The number of fused-ring (bicyclic) bond motifs is 1. The van der Waals surface area contributed by atoms with Crippen molar-refractivity contribution in [2.24, 2.45) is 0 Å². The first-order valence-electron chi connectivity index (χ1n) is 3.96. The SMILES string of the molecule is Cc1cn(O)c2c(C)cccc12. The number of aryl methyl sites for hydroxylation is 2. The molecule has 1 aromatic heterocycles. The van der Waals surface area contributed by atoms with Gasteiger partial charge in [0.2, 0.25) is 0 Å². The van der Waals surface area contributed by atoms with Gasteiger partial charge >= 0.3 is 0 Å². The smallest absolute Gasteiger partial charge is 0.0897 e. The van der Waals surface area contributed by atoms with Gasteiger partial charge in [0.25, 0.3) is 0 Å². The third-order valence-corrected chi connectivity index (χ3v) is 2.21. The van der Waals surface area contributed by atoms with Crippen LogP contribution in [0.5, 0.6) is 0 Å². The number of rotatable bonds is 0. The Morgan fingerprint density at radius 2 is 1.92 bits per heavy atom. The number of aromatic nitrogens is 1. The Hall–Kier alpha value is -1.44. The van der Waals surface area contributed by atoms with E-state index in [1.54, 1.807) is 6.20 Å². The molecule has 0 aliphatic heterocycles. The zero-order valence-corrected chi connectivity index (χ0v) is 7.20. The zero-order valence-electron chi connectivity index (χ0n) is 7.20. The molecule has 2 aromatic rings. The summed E-state index contributed by atoms with van der Waals surface area (Å²) in [5.74, 6) is 0. The molecule has 0 saturated heterocycles. The Morgan fingerprint density at radius 1 is 1.17 bits per heavy atom. The van der Waals surface area contributed by atoms with Gasteiger partial charge in [-0.25, -0.2) is 0 Å². The van der Waals surface area contributed by atoms with Crippen LogP contribution in [0.25, 0.3) is 10.9 Å². The molecule has 0 bridgehead atoms. The molecule has 62 valence electrons. The Balaban J connectivity index is 2.99. The van der Waals surface area contributed by atoms with Crippen LogP contribution >= 0.6 is 0 Å². The predicted octanol–water partition coefficient (Wildman–Crippen LogP) is 2.50. The predicted molar refractivity (Wildman–Crippen MR) is 48.6 cm³/mol. The molecule has 0 aliphatic rings. The molecule has 0 atom stereocenters. The Kier molecular flexibility index (Phi) is 1.37. The highest BCUT2D eigenvalue weighted by Gasteiger charge is 2.05. The summed E-state index contributed by atoms with van der Waals surface area (Å²) in [5, 5.41) is 10.6. The molecule has 0 spiro atoms. The van der Waals surface area contributed by atoms with Gasteiger partial charge in [0, 0.05) is 11.6 Å². The molecule has 2 rings (SSSR count). The van der Waals surface area contributed by atoms with Crippen molar-refractivity contribution >= 4 is 10.9 Å². The summed E-state index contributed by atoms with van der Waals surface area (Å²) in [5.41, 5.74) is 3.12. The van der Waals surface area contributed by atoms with Crippen molar-refractivity contribution in [3.05, 3.63) is 35.5 Å². The van der Waals surface area contributed by atoms with Crippen LogP contribution in [0.3, 0.4) is 0 Å². The minimum Gasteiger partial charge on any atom is -0.428 e. The fraction of sp³-hybridized carbons (Fsp3) is 0.200. The van der Waals surface area contributed by atoms with E-state index in [2.05, 4.69) is 0 Å². The fourth-order valence-electron chi connectivity index (χ4n) is 1.60. The molecule has 1 aromatic carbocycles. The Bertz CT molecular complexity index is 429. The topological polar surface area (TPSA) is 25.2 Å². The van der Waals surface area contributed by atoms with Crippen LogP contribution in [-0.2, 0) is 0 Å². The summed E-state index contributed by atoms with van der Waals surface area (Å²) >= 11 is 0. The second-order valence-electron chi connectivity index (χ2n) is 3.13. The van der Waals surface area contributed by atoms with Crippen molar-refractivity contribution in [3.8, 4) is 0 Å². The number of hydrogen-bond donors (Lipinski definition) is 1. The maximum Gasteiger partial charge on any atom is 0.0897 e. The quantitative estimate of drug-likeness (QED) is 0.590. The van der Waals surface area contributed by atoms with E-state index in [-0.39, 0.29) is 0 Å². The van der Waals surface area contributed by atoms with Gasteiger partial charge in [-0.05, 0) is 25.0 Å². The molecule has 0 amide bonds. The van der Waals surface area contributed by atoms with E-state index < -0.39 is 0 Å². The van der Waals surface area contributed by atoms with Crippen molar-refractivity contribution in [2.45, 2.75) is 13.8 Å². The average Bonchev–Trinajstić information content (AvgIpc) is 2.29. The fourth-order valence-corrected chi connectivity index (χ4v) is 1.60.